The van der Waals surface area contributed by atoms with Gasteiger partial charge in [0.1, 0.15) is 0 Å². The SMILES string of the molecule is C=C1C(C)=CN(C)C=C1CC. The van der Waals surface area contributed by atoms with Crippen molar-refractivity contribution in [3.05, 3.63) is 35.7 Å². The average Bonchev–Trinajstić information content (AvgIpc) is 1.96. The Morgan fingerprint density at radius 2 is 2.09 bits per heavy atom. The molecule has 1 heteroatoms. The van der Waals surface area contributed by atoms with Crippen LogP contribution in [0.1, 0.15) is 20.3 Å². The summed E-state index contributed by atoms with van der Waals surface area (Å²) >= 11 is 0. The summed E-state index contributed by atoms with van der Waals surface area (Å²) in [5.74, 6) is 0. The number of nitrogens with zero attached hydrogens (tertiary/aromatic N) is 1. The summed E-state index contributed by atoms with van der Waals surface area (Å²) in [7, 11) is 2.05. The van der Waals surface area contributed by atoms with Crippen molar-refractivity contribution in [3.63, 3.8) is 0 Å². The predicted octanol–water partition coefficient (Wildman–Crippen LogP) is 2.69. The van der Waals surface area contributed by atoms with Crippen LogP contribution in [-0.2, 0) is 0 Å². The summed E-state index contributed by atoms with van der Waals surface area (Å²) < 4.78 is 0. The molecule has 60 valence electrons. The average molecular weight is 149 g/mol. The molecule has 1 aliphatic rings. The van der Waals surface area contributed by atoms with E-state index in [1.807, 2.05) is 7.05 Å². The van der Waals surface area contributed by atoms with Gasteiger partial charge in [-0.15, -0.1) is 0 Å². The first-order valence-electron chi connectivity index (χ1n) is 3.96. The van der Waals surface area contributed by atoms with Gasteiger partial charge in [-0.3, -0.25) is 0 Å². The maximum absolute atomic E-state index is 4.02. The third kappa shape index (κ3) is 1.53. The lowest BCUT2D eigenvalue weighted by atomic mass is 9.98. The second kappa shape index (κ2) is 2.95. The van der Waals surface area contributed by atoms with Gasteiger partial charge in [0.25, 0.3) is 0 Å². The summed E-state index contributed by atoms with van der Waals surface area (Å²) in [6.45, 7) is 8.27. The van der Waals surface area contributed by atoms with Gasteiger partial charge in [-0.2, -0.15) is 0 Å². The first-order chi connectivity index (χ1) is 5.15. The molecule has 0 spiro atoms. The minimum atomic E-state index is 1.06. The molecule has 1 aliphatic heterocycles. The molecule has 0 saturated heterocycles. The molecule has 0 aromatic carbocycles. The van der Waals surface area contributed by atoms with Crippen LogP contribution >= 0.6 is 0 Å². The molecule has 0 bridgehead atoms. The summed E-state index contributed by atoms with van der Waals surface area (Å²) in [6.07, 6.45) is 5.30. The van der Waals surface area contributed by atoms with Crippen LogP contribution in [0.3, 0.4) is 0 Å². The molecule has 1 heterocycles. The molecule has 0 saturated carbocycles. The van der Waals surface area contributed by atoms with Crippen molar-refractivity contribution < 1.29 is 0 Å². The zero-order chi connectivity index (χ0) is 8.43. The van der Waals surface area contributed by atoms with E-state index in [0.29, 0.717) is 0 Å². The topological polar surface area (TPSA) is 3.24 Å². The third-order valence-corrected chi connectivity index (χ3v) is 2.00. The molecule has 11 heavy (non-hydrogen) atoms. The smallest absolute Gasteiger partial charge is 0.0106 e. The Kier molecular flexibility index (Phi) is 2.18. The normalized spacial score (nSPS) is 18.1. The first kappa shape index (κ1) is 8.12. The summed E-state index contributed by atoms with van der Waals surface area (Å²) in [4.78, 5) is 2.09. The van der Waals surface area contributed by atoms with E-state index in [9.17, 15) is 0 Å². The van der Waals surface area contributed by atoms with E-state index in [4.69, 9.17) is 0 Å². The van der Waals surface area contributed by atoms with E-state index in [1.165, 1.54) is 16.7 Å². The van der Waals surface area contributed by atoms with Crippen molar-refractivity contribution in [1.29, 1.82) is 0 Å². The van der Waals surface area contributed by atoms with Crippen LogP contribution in [0.4, 0.5) is 0 Å². The Morgan fingerprint density at radius 1 is 1.45 bits per heavy atom. The van der Waals surface area contributed by atoms with Gasteiger partial charge in [-0.1, -0.05) is 13.5 Å². The molecule has 0 N–H and O–H groups in total. The quantitative estimate of drug-likeness (QED) is 0.554. The largest absolute Gasteiger partial charge is 0.357 e. The Balaban J connectivity index is 2.91. The molecular weight excluding hydrogens is 134 g/mol. The fourth-order valence-electron chi connectivity index (χ4n) is 1.30. The Labute approximate surface area is 68.7 Å². The van der Waals surface area contributed by atoms with Crippen molar-refractivity contribution >= 4 is 0 Å². The van der Waals surface area contributed by atoms with Gasteiger partial charge < -0.3 is 4.90 Å². The van der Waals surface area contributed by atoms with Gasteiger partial charge in [0.05, 0.1) is 0 Å². The van der Waals surface area contributed by atoms with Crippen molar-refractivity contribution in [3.8, 4) is 0 Å². The zero-order valence-corrected chi connectivity index (χ0v) is 7.52. The second-order valence-corrected chi connectivity index (χ2v) is 2.96. The standard InChI is InChI=1S/C10H15N/c1-5-10-7-11(4)6-8(2)9(10)3/h6-7H,3,5H2,1-2,4H3. The lowest BCUT2D eigenvalue weighted by molar-refractivity contribution is 0.602. The van der Waals surface area contributed by atoms with E-state index >= 15 is 0 Å². The van der Waals surface area contributed by atoms with Crippen molar-refractivity contribution in [2.45, 2.75) is 20.3 Å². The third-order valence-electron chi connectivity index (χ3n) is 2.00. The first-order valence-corrected chi connectivity index (χ1v) is 3.96. The molecule has 0 aromatic rings. The molecule has 0 fully saturated rings. The molecular formula is C10H15N. The number of allylic oxidation sites excluding steroid dienone is 3. The van der Waals surface area contributed by atoms with Crippen LogP contribution in [0.2, 0.25) is 0 Å². The number of rotatable bonds is 1. The van der Waals surface area contributed by atoms with Crippen molar-refractivity contribution in [2.75, 3.05) is 7.05 Å². The highest BCUT2D eigenvalue weighted by Crippen LogP contribution is 2.24. The summed E-state index contributed by atoms with van der Waals surface area (Å²) in [5.41, 5.74) is 3.80. The number of hydrogen-bond donors (Lipinski definition) is 0. The van der Waals surface area contributed by atoms with Crippen LogP contribution in [0, 0.1) is 0 Å². The molecule has 0 unspecified atom stereocenters. The molecule has 0 radical (unpaired) electrons. The highest BCUT2D eigenvalue weighted by atomic mass is 15.1. The monoisotopic (exact) mass is 149 g/mol. The van der Waals surface area contributed by atoms with Crippen LogP contribution in [-0.4, -0.2) is 11.9 Å². The van der Waals surface area contributed by atoms with Gasteiger partial charge in [-0.25, -0.2) is 0 Å². The van der Waals surface area contributed by atoms with Gasteiger partial charge in [-0.05, 0) is 30.1 Å². The van der Waals surface area contributed by atoms with Crippen LogP contribution in [0.25, 0.3) is 0 Å². The summed E-state index contributed by atoms with van der Waals surface area (Å²) in [6, 6.07) is 0. The molecule has 0 aromatic heterocycles. The van der Waals surface area contributed by atoms with E-state index in [2.05, 4.69) is 37.7 Å². The van der Waals surface area contributed by atoms with E-state index < -0.39 is 0 Å². The zero-order valence-electron chi connectivity index (χ0n) is 7.52. The highest BCUT2D eigenvalue weighted by Gasteiger charge is 2.08. The van der Waals surface area contributed by atoms with Crippen molar-refractivity contribution in [1.82, 2.24) is 4.90 Å². The van der Waals surface area contributed by atoms with E-state index in [1.54, 1.807) is 0 Å². The maximum atomic E-state index is 4.02. The van der Waals surface area contributed by atoms with Gasteiger partial charge in [0.15, 0.2) is 0 Å². The van der Waals surface area contributed by atoms with Crippen LogP contribution in [0.15, 0.2) is 35.7 Å². The van der Waals surface area contributed by atoms with E-state index in [0.717, 1.165) is 6.42 Å². The lowest BCUT2D eigenvalue weighted by Crippen LogP contribution is -2.10. The summed E-state index contributed by atoms with van der Waals surface area (Å²) in [5, 5.41) is 0. The van der Waals surface area contributed by atoms with Gasteiger partial charge in [0, 0.05) is 19.4 Å². The van der Waals surface area contributed by atoms with E-state index in [-0.39, 0.29) is 0 Å². The lowest BCUT2D eigenvalue weighted by Gasteiger charge is -2.21. The molecule has 0 aliphatic carbocycles. The fourth-order valence-corrected chi connectivity index (χ4v) is 1.30. The van der Waals surface area contributed by atoms with Crippen molar-refractivity contribution in [2.24, 2.45) is 0 Å². The molecule has 1 rings (SSSR count). The number of hydrogen-bond acceptors (Lipinski definition) is 1. The molecule has 1 nitrogen and oxygen atoms in total. The Morgan fingerprint density at radius 3 is 2.64 bits per heavy atom. The molecule has 0 atom stereocenters. The predicted molar refractivity (Wildman–Crippen MR) is 49.0 cm³/mol. The minimum Gasteiger partial charge on any atom is -0.357 e. The minimum absolute atomic E-state index is 1.06. The second-order valence-electron chi connectivity index (χ2n) is 2.96. The van der Waals surface area contributed by atoms with Crippen LogP contribution in [0.5, 0.6) is 0 Å². The Hall–Kier alpha value is -0.980. The van der Waals surface area contributed by atoms with Gasteiger partial charge in [0.2, 0.25) is 0 Å². The fraction of sp³-hybridized carbons (Fsp3) is 0.400. The van der Waals surface area contributed by atoms with Crippen LogP contribution < -0.4 is 0 Å². The van der Waals surface area contributed by atoms with Gasteiger partial charge >= 0.3 is 0 Å². The Bertz CT molecular complexity index is 233. The molecule has 0 amide bonds. The maximum Gasteiger partial charge on any atom is 0.0106 e. The highest BCUT2D eigenvalue weighted by molar-refractivity contribution is 5.45.